The molecule has 0 aromatic heterocycles. The van der Waals surface area contributed by atoms with Crippen molar-refractivity contribution < 1.29 is 35.5 Å². The first-order valence-electron chi connectivity index (χ1n) is 2.37. The van der Waals surface area contributed by atoms with E-state index in [1.54, 1.807) is 0 Å². The number of hydrogen-bond acceptors (Lipinski definition) is 1. The summed E-state index contributed by atoms with van der Waals surface area (Å²) in [5, 5.41) is 0. The molecule has 8 heteroatoms. The van der Waals surface area contributed by atoms with E-state index in [0.29, 0.717) is 0 Å². The Hall–Kier alpha value is -0.820. The van der Waals surface area contributed by atoms with Crippen LogP contribution < -0.4 is 0 Å². The van der Waals surface area contributed by atoms with Crippen molar-refractivity contribution in [3.8, 4) is 0 Å². The van der Waals surface area contributed by atoms with Crippen LogP contribution >= 0.6 is 0 Å². The number of halogens is 7. The second kappa shape index (κ2) is 2.91. The number of ketones is 1. The summed E-state index contributed by atoms with van der Waals surface area (Å²) >= 11 is 0. The molecule has 1 nitrogen and oxygen atoms in total. The van der Waals surface area contributed by atoms with Gasteiger partial charge >= 0.3 is 24.3 Å². The maximum atomic E-state index is 11.6. The van der Waals surface area contributed by atoms with E-state index < -0.39 is 24.3 Å². The molecular weight excluding hydrogens is 197 g/mol. The van der Waals surface area contributed by atoms with Crippen LogP contribution in [-0.2, 0) is 4.79 Å². The van der Waals surface area contributed by atoms with Gasteiger partial charge in [0.25, 0.3) is 0 Å². The SMILES string of the molecule is O=C(C(F)(F)F)C(F)(F)C(F)F. The van der Waals surface area contributed by atoms with Crippen LogP contribution in [0.3, 0.4) is 0 Å². The van der Waals surface area contributed by atoms with Crippen molar-refractivity contribution in [3.05, 3.63) is 0 Å². The van der Waals surface area contributed by atoms with Gasteiger partial charge in [0.15, 0.2) is 0 Å². The molecule has 0 aromatic rings. The summed E-state index contributed by atoms with van der Waals surface area (Å²) in [4.78, 5) is 9.57. The van der Waals surface area contributed by atoms with Gasteiger partial charge in [-0.3, -0.25) is 4.79 Å². The third kappa shape index (κ3) is 2.08. The summed E-state index contributed by atoms with van der Waals surface area (Å²) in [5.41, 5.74) is 0. The zero-order valence-electron chi connectivity index (χ0n) is 5.13. The first-order chi connectivity index (χ1) is 5.10. The lowest BCUT2D eigenvalue weighted by Crippen LogP contribution is -2.45. The maximum Gasteiger partial charge on any atom is 0.456 e. The molecule has 0 N–H and O–H groups in total. The number of hydrogen-bond donors (Lipinski definition) is 0. The van der Waals surface area contributed by atoms with E-state index in [1.165, 1.54) is 0 Å². The molecule has 0 aliphatic carbocycles. The molecule has 0 unspecified atom stereocenters. The van der Waals surface area contributed by atoms with E-state index in [1.807, 2.05) is 0 Å². The molecule has 0 spiro atoms. The van der Waals surface area contributed by atoms with Gasteiger partial charge in [-0.05, 0) is 0 Å². The van der Waals surface area contributed by atoms with Gasteiger partial charge in [0.2, 0.25) is 0 Å². The second-order valence-corrected chi connectivity index (χ2v) is 1.75. The van der Waals surface area contributed by atoms with E-state index in [2.05, 4.69) is 0 Å². The third-order valence-electron chi connectivity index (χ3n) is 0.834. The van der Waals surface area contributed by atoms with Crippen LogP contribution in [0.4, 0.5) is 30.7 Å². The predicted molar refractivity (Wildman–Crippen MR) is 22.0 cm³/mol. The van der Waals surface area contributed by atoms with Crippen molar-refractivity contribution in [2.45, 2.75) is 18.5 Å². The van der Waals surface area contributed by atoms with Crippen LogP contribution in [0.5, 0.6) is 0 Å². The van der Waals surface area contributed by atoms with E-state index in [-0.39, 0.29) is 0 Å². The Balaban J connectivity index is 4.70. The molecule has 0 amide bonds. The number of carbonyl (C=O) groups is 1. The Morgan fingerprint density at radius 3 is 1.42 bits per heavy atom. The van der Waals surface area contributed by atoms with Crippen molar-refractivity contribution in [3.63, 3.8) is 0 Å². The van der Waals surface area contributed by atoms with Crippen molar-refractivity contribution in [2.24, 2.45) is 0 Å². The summed E-state index contributed by atoms with van der Waals surface area (Å²) in [6.07, 6.45) is -10.6. The summed E-state index contributed by atoms with van der Waals surface area (Å²) in [7, 11) is 0. The van der Waals surface area contributed by atoms with Gasteiger partial charge in [0.05, 0.1) is 0 Å². The van der Waals surface area contributed by atoms with Crippen LogP contribution in [0.1, 0.15) is 0 Å². The molecule has 0 rings (SSSR count). The van der Waals surface area contributed by atoms with E-state index in [4.69, 9.17) is 0 Å². The first-order valence-corrected chi connectivity index (χ1v) is 2.37. The predicted octanol–water partition coefficient (Wildman–Crippen LogP) is 2.02. The number of Topliss-reactive ketones (excluding diaryl/α,β-unsaturated/α-hetero) is 1. The minimum atomic E-state index is -5.94. The average molecular weight is 198 g/mol. The van der Waals surface area contributed by atoms with Crippen LogP contribution in [0.25, 0.3) is 0 Å². The lowest BCUT2D eigenvalue weighted by molar-refractivity contribution is -0.212. The van der Waals surface area contributed by atoms with E-state index in [9.17, 15) is 35.5 Å². The summed E-state index contributed by atoms with van der Waals surface area (Å²) in [6, 6.07) is 0. The zero-order valence-corrected chi connectivity index (χ0v) is 5.13. The molecule has 72 valence electrons. The van der Waals surface area contributed by atoms with Crippen molar-refractivity contribution in [1.29, 1.82) is 0 Å². The lowest BCUT2D eigenvalue weighted by atomic mass is 10.2. The molecule has 0 aliphatic rings. The highest BCUT2D eigenvalue weighted by Crippen LogP contribution is 2.32. The van der Waals surface area contributed by atoms with Gasteiger partial charge < -0.3 is 0 Å². The minimum Gasteiger partial charge on any atom is -0.282 e. The molecule has 0 radical (unpaired) electrons. The molecule has 0 bridgehead atoms. The molecular formula is C4HF7O. The molecule has 12 heavy (non-hydrogen) atoms. The minimum absolute atomic E-state index is 3.73. The second-order valence-electron chi connectivity index (χ2n) is 1.75. The molecule has 0 heterocycles. The highest BCUT2D eigenvalue weighted by atomic mass is 19.4. The molecule has 0 fully saturated rings. The average Bonchev–Trinajstić information content (AvgIpc) is 1.83. The van der Waals surface area contributed by atoms with Crippen LogP contribution in [0, 0.1) is 0 Å². The highest BCUT2D eigenvalue weighted by Gasteiger charge is 2.60. The highest BCUT2D eigenvalue weighted by molar-refractivity contribution is 5.90. The lowest BCUT2D eigenvalue weighted by Gasteiger charge is -2.14. The number of rotatable bonds is 2. The smallest absolute Gasteiger partial charge is 0.282 e. The monoisotopic (exact) mass is 198 g/mol. The third-order valence-corrected chi connectivity index (χ3v) is 0.834. The quantitative estimate of drug-likeness (QED) is 0.620. The topological polar surface area (TPSA) is 17.1 Å². The van der Waals surface area contributed by atoms with Crippen LogP contribution in [0.15, 0.2) is 0 Å². The molecule has 0 saturated carbocycles. The van der Waals surface area contributed by atoms with Crippen molar-refractivity contribution in [2.75, 3.05) is 0 Å². The van der Waals surface area contributed by atoms with Crippen LogP contribution in [0.2, 0.25) is 0 Å². The fourth-order valence-corrected chi connectivity index (χ4v) is 0.288. The summed E-state index contributed by atoms with van der Waals surface area (Å²) in [5.74, 6) is -9.39. The van der Waals surface area contributed by atoms with Gasteiger partial charge in [0.1, 0.15) is 0 Å². The van der Waals surface area contributed by atoms with Gasteiger partial charge in [-0.25, -0.2) is 8.78 Å². The summed E-state index contributed by atoms with van der Waals surface area (Å²) < 4.78 is 78.9. The number of carbonyl (C=O) groups excluding carboxylic acids is 1. The Kier molecular flexibility index (Phi) is 2.71. The van der Waals surface area contributed by atoms with E-state index in [0.717, 1.165) is 0 Å². The summed E-state index contributed by atoms with van der Waals surface area (Å²) in [6.45, 7) is 0. The largest absolute Gasteiger partial charge is 0.456 e. The Bertz CT molecular complexity index is 180. The molecule has 0 atom stereocenters. The van der Waals surface area contributed by atoms with Crippen LogP contribution in [-0.4, -0.2) is 24.3 Å². The van der Waals surface area contributed by atoms with Crippen molar-refractivity contribution in [1.82, 2.24) is 0 Å². The molecule has 0 saturated heterocycles. The molecule has 0 aliphatic heterocycles. The molecule has 0 aromatic carbocycles. The Morgan fingerprint density at radius 2 is 1.33 bits per heavy atom. The van der Waals surface area contributed by atoms with Gasteiger partial charge in [-0.15, -0.1) is 0 Å². The Morgan fingerprint density at radius 1 is 1.00 bits per heavy atom. The zero-order chi connectivity index (χ0) is 10.2. The van der Waals surface area contributed by atoms with E-state index >= 15 is 0 Å². The Labute approximate surface area is 61.2 Å². The number of alkyl halides is 7. The standard InChI is InChI=1S/C4HF7O/c5-2(6)3(7,8)1(12)4(9,10)11/h2H. The fraction of sp³-hybridized carbons (Fsp3) is 0.750. The van der Waals surface area contributed by atoms with Gasteiger partial charge in [-0.2, -0.15) is 22.0 Å². The van der Waals surface area contributed by atoms with Gasteiger partial charge in [0, 0.05) is 0 Å². The first kappa shape index (κ1) is 11.2. The maximum absolute atomic E-state index is 11.6. The fourth-order valence-electron chi connectivity index (χ4n) is 0.288. The normalized spacial score (nSPS) is 13.7. The van der Waals surface area contributed by atoms with Gasteiger partial charge in [-0.1, -0.05) is 0 Å². The van der Waals surface area contributed by atoms with Crippen molar-refractivity contribution >= 4 is 5.78 Å².